The van der Waals surface area contributed by atoms with Gasteiger partial charge in [-0.3, -0.25) is 14.8 Å². The standard InChI is InChI=1S/C27H26BrN5O4S2/c1-14(7-15(2)32-26(35)37-27-31-11-23(28)39-27)12-36-21-9-20-18(8-19(21)22-10-29-13-38-22)17-5-6-30-16(3)24(17)25(34)33(20)4/h5-6,8-11,13-15H,7,12H2,1-4H3,(H,32,35). The predicted octanol–water partition coefficient (Wildman–Crippen LogP) is 6.32. The summed E-state index contributed by atoms with van der Waals surface area (Å²) in [7, 11) is 1.77. The Hall–Kier alpha value is -3.35. The van der Waals surface area contributed by atoms with Crippen LogP contribution in [0.2, 0.25) is 0 Å². The fourth-order valence-electron chi connectivity index (χ4n) is 4.62. The van der Waals surface area contributed by atoms with Crippen molar-refractivity contribution < 1.29 is 14.3 Å². The molecule has 0 bridgehead atoms. The van der Waals surface area contributed by atoms with Gasteiger partial charge in [0.25, 0.3) is 10.8 Å². The summed E-state index contributed by atoms with van der Waals surface area (Å²) in [4.78, 5) is 39.0. The highest BCUT2D eigenvalue weighted by molar-refractivity contribution is 9.11. The number of pyridine rings is 2. The minimum absolute atomic E-state index is 0.0927. The van der Waals surface area contributed by atoms with Crippen LogP contribution in [0.15, 0.2) is 50.9 Å². The van der Waals surface area contributed by atoms with Crippen LogP contribution >= 0.6 is 38.6 Å². The molecule has 1 aromatic carbocycles. The maximum Gasteiger partial charge on any atom is 0.414 e. The maximum atomic E-state index is 13.2. The van der Waals surface area contributed by atoms with Gasteiger partial charge in [-0.1, -0.05) is 18.3 Å². The summed E-state index contributed by atoms with van der Waals surface area (Å²) in [6.45, 7) is 6.26. The predicted molar refractivity (Wildman–Crippen MR) is 158 cm³/mol. The highest BCUT2D eigenvalue weighted by atomic mass is 79.9. The van der Waals surface area contributed by atoms with Crippen LogP contribution in [-0.2, 0) is 7.05 Å². The van der Waals surface area contributed by atoms with Gasteiger partial charge in [0.15, 0.2) is 0 Å². The molecule has 0 spiro atoms. The van der Waals surface area contributed by atoms with Crippen molar-refractivity contribution in [3.8, 4) is 21.4 Å². The number of hydrogen-bond donors (Lipinski definition) is 1. The Kier molecular flexibility index (Phi) is 7.96. The Morgan fingerprint density at radius 1 is 1.21 bits per heavy atom. The number of fused-ring (bicyclic) bond motifs is 3. The summed E-state index contributed by atoms with van der Waals surface area (Å²) in [5, 5.41) is 5.56. The molecule has 2 atom stereocenters. The van der Waals surface area contributed by atoms with Gasteiger partial charge >= 0.3 is 6.09 Å². The molecular weight excluding hydrogens is 602 g/mol. The van der Waals surface area contributed by atoms with Gasteiger partial charge < -0.3 is 19.4 Å². The number of aryl methyl sites for hydroxylation is 2. The molecule has 0 aliphatic rings. The lowest BCUT2D eigenvalue weighted by molar-refractivity contribution is 0.191. The summed E-state index contributed by atoms with van der Waals surface area (Å²) in [5.74, 6) is 0.793. The zero-order valence-corrected chi connectivity index (χ0v) is 24.9. The van der Waals surface area contributed by atoms with Crippen LogP contribution < -0.4 is 20.3 Å². The number of carbonyl (C=O) groups excluding carboxylic acids is 1. The van der Waals surface area contributed by atoms with E-state index >= 15 is 0 Å². The summed E-state index contributed by atoms with van der Waals surface area (Å²) in [6.07, 6.45) is 5.27. The first kappa shape index (κ1) is 27.2. The number of nitrogens with one attached hydrogen (secondary N) is 1. The lowest BCUT2D eigenvalue weighted by atomic mass is 10.0. The van der Waals surface area contributed by atoms with Gasteiger partial charge in [0.2, 0.25) is 0 Å². The van der Waals surface area contributed by atoms with E-state index < -0.39 is 6.09 Å². The molecule has 0 aliphatic carbocycles. The van der Waals surface area contributed by atoms with Crippen LogP contribution in [0.25, 0.3) is 32.1 Å². The Balaban J connectivity index is 1.37. The summed E-state index contributed by atoms with van der Waals surface area (Å²) < 4.78 is 14.0. The molecule has 1 amide bonds. The molecule has 9 nitrogen and oxygen atoms in total. The number of hydrogen-bond acceptors (Lipinski definition) is 9. The van der Waals surface area contributed by atoms with Crippen molar-refractivity contribution in [3.63, 3.8) is 0 Å². The van der Waals surface area contributed by atoms with Gasteiger partial charge in [0.05, 0.1) is 43.6 Å². The second-order valence-corrected chi connectivity index (χ2v) is 12.7. The molecule has 202 valence electrons. The largest absolute Gasteiger partial charge is 0.493 e. The van der Waals surface area contributed by atoms with Gasteiger partial charge in [-0.15, -0.1) is 11.3 Å². The topological polar surface area (TPSA) is 108 Å². The Morgan fingerprint density at radius 2 is 2.03 bits per heavy atom. The number of thiazole rings is 2. The van der Waals surface area contributed by atoms with Gasteiger partial charge in [-0.2, -0.15) is 0 Å². The van der Waals surface area contributed by atoms with Crippen molar-refractivity contribution in [2.45, 2.75) is 33.2 Å². The van der Waals surface area contributed by atoms with Crippen molar-refractivity contribution in [1.82, 2.24) is 24.8 Å². The van der Waals surface area contributed by atoms with Crippen molar-refractivity contribution in [1.29, 1.82) is 0 Å². The van der Waals surface area contributed by atoms with E-state index in [0.717, 1.165) is 30.5 Å². The number of amides is 1. The van der Waals surface area contributed by atoms with Gasteiger partial charge in [-0.25, -0.2) is 9.78 Å². The lowest BCUT2D eigenvalue weighted by Crippen LogP contribution is -2.36. The van der Waals surface area contributed by atoms with Crippen LogP contribution in [0.3, 0.4) is 0 Å². The van der Waals surface area contributed by atoms with Gasteiger partial charge in [0, 0.05) is 42.5 Å². The molecule has 4 heterocycles. The summed E-state index contributed by atoms with van der Waals surface area (Å²) >= 11 is 6.07. The van der Waals surface area contributed by atoms with Gasteiger partial charge in [0.1, 0.15) is 5.75 Å². The monoisotopic (exact) mass is 627 g/mol. The van der Waals surface area contributed by atoms with E-state index in [1.807, 2.05) is 32.2 Å². The number of nitrogens with zero attached hydrogens (tertiary/aromatic N) is 4. The van der Waals surface area contributed by atoms with E-state index in [4.69, 9.17) is 9.47 Å². The molecule has 39 heavy (non-hydrogen) atoms. The van der Waals surface area contributed by atoms with Crippen molar-refractivity contribution in [3.05, 3.63) is 62.1 Å². The second kappa shape index (κ2) is 11.4. The van der Waals surface area contributed by atoms with E-state index in [-0.39, 0.29) is 22.7 Å². The lowest BCUT2D eigenvalue weighted by Gasteiger charge is -2.20. The molecule has 0 aliphatic heterocycles. The molecule has 12 heteroatoms. The molecule has 4 aromatic heterocycles. The SMILES string of the molecule is Cc1nccc2c1c(=O)n(C)c1cc(OCC(C)CC(C)NC(=O)Oc3ncc(Br)s3)c(-c3cncs3)cc21. The normalized spacial score (nSPS) is 12.9. The Morgan fingerprint density at radius 3 is 2.74 bits per heavy atom. The summed E-state index contributed by atoms with van der Waals surface area (Å²) in [5.41, 5.74) is 4.09. The fraction of sp³-hybridized carbons (Fsp3) is 0.296. The van der Waals surface area contributed by atoms with E-state index in [1.165, 1.54) is 22.7 Å². The van der Waals surface area contributed by atoms with Crippen molar-refractivity contribution in [2.24, 2.45) is 13.0 Å². The minimum atomic E-state index is -0.543. The summed E-state index contributed by atoms with van der Waals surface area (Å²) in [6, 6.07) is 5.75. The van der Waals surface area contributed by atoms with E-state index in [1.54, 1.807) is 29.5 Å². The third kappa shape index (κ3) is 5.82. The van der Waals surface area contributed by atoms with Crippen LogP contribution in [-0.4, -0.2) is 38.3 Å². The van der Waals surface area contributed by atoms with Crippen LogP contribution in [0.4, 0.5) is 4.79 Å². The molecule has 2 unspecified atom stereocenters. The average Bonchev–Trinajstić information content (AvgIpc) is 3.57. The van der Waals surface area contributed by atoms with Crippen molar-refractivity contribution >= 4 is 66.4 Å². The quantitative estimate of drug-likeness (QED) is 0.201. The number of rotatable bonds is 8. The number of ether oxygens (including phenoxy) is 2. The second-order valence-electron chi connectivity index (χ2n) is 9.43. The molecular formula is C27H26BrN5O4S2. The van der Waals surface area contributed by atoms with E-state index in [9.17, 15) is 9.59 Å². The molecule has 0 fully saturated rings. The maximum absolute atomic E-state index is 13.2. The smallest absolute Gasteiger partial charge is 0.414 e. The zero-order valence-electron chi connectivity index (χ0n) is 21.7. The Labute approximate surface area is 241 Å². The average molecular weight is 629 g/mol. The number of aromatic nitrogens is 4. The molecule has 0 saturated heterocycles. The highest BCUT2D eigenvalue weighted by Crippen LogP contribution is 2.38. The first-order valence-electron chi connectivity index (χ1n) is 12.2. The van der Waals surface area contributed by atoms with E-state index in [2.05, 4.69) is 49.2 Å². The molecule has 0 radical (unpaired) electrons. The Bertz CT molecular complexity index is 1720. The number of halogens is 1. The zero-order chi connectivity index (χ0) is 27.7. The first-order valence-corrected chi connectivity index (χ1v) is 14.7. The highest BCUT2D eigenvalue weighted by Gasteiger charge is 2.19. The van der Waals surface area contributed by atoms with Crippen LogP contribution in [0.1, 0.15) is 26.0 Å². The van der Waals surface area contributed by atoms with Crippen LogP contribution in [0.5, 0.6) is 10.9 Å². The van der Waals surface area contributed by atoms with E-state index in [0.29, 0.717) is 29.9 Å². The minimum Gasteiger partial charge on any atom is -0.493 e. The fourth-order valence-corrected chi connectivity index (χ4v) is 6.28. The number of benzene rings is 1. The molecule has 5 rings (SSSR count). The molecule has 1 N–H and O–H groups in total. The van der Waals surface area contributed by atoms with Crippen molar-refractivity contribution in [2.75, 3.05) is 6.61 Å². The molecule has 5 aromatic rings. The van der Waals surface area contributed by atoms with Crippen LogP contribution in [0, 0.1) is 12.8 Å². The first-order chi connectivity index (χ1) is 18.7. The molecule has 0 saturated carbocycles. The third-order valence-electron chi connectivity index (χ3n) is 6.39. The van der Waals surface area contributed by atoms with Gasteiger partial charge in [-0.05, 0) is 59.6 Å². The number of carbonyl (C=O) groups is 1. The third-order valence-corrected chi connectivity index (χ3v) is 8.55.